The summed E-state index contributed by atoms with van der Waals surface area (Å²) in [7, 11) is 1.61. The number of fused-ring (bicyclic) bond motifs is 1. The van der Waals surface area contributed by atoms with Gasteiger partial charge in [0.1, 0.15) is 5.75 Å². The summed E-state index contributed by atoms with van der Waals surface area (Å²) >= 11 is 0. The van der Waals surface area contributed by atoms with E-state index < -0.39 is 0 Å². The highest BCUT2D eigenvalue weighted by atomic mass is 16.5. The molecule has 0 spiro atoms. The fourth-order valence-corrected chi connectivity index (χ4v) is 2.97. The number of hydrogen-bond donors (Lipinski definition) is 1. The molecular weight excluding hydrogens is 282 g/mol. The lowest BCUT2D eigenvalue weighted by molar-refractivity contribution is -0.119. The van der Waals surface area contributed by atoms with Crippen LogP contribution in [-0.4, -0.2) is 60.4 Å². The number of hydrogen-bond acceptors (Lipinski definition) is 3. The van der Waals surface area contributed by atoms with E-state index in [-0.39, 0.29) is 5.91 Å². The largest absolute Gasteiger partial charge is 0.496 e. The van der Waals surface area contributed by atoms with Crippen molar-refractivity contribution >= 4 is 23.2 Å². The van der Waals surface area contributed by atoms with Crippen molar-refractivity contribution in [1.82, 2.24) is 14.8 Å². The van der Waals surface area contributed by atoms with Gasteiger partial charge in [-0.25, -0.2) is 0 Å². The minimum absolute atomic E-state index is 0.0150. The predicted molar refractivity (Wildman–Crippen MR) is 83.1 cm³/mol. The second kappa shape index (κ2) is 5.71. The maximum atomic E-state index is 12.9. The summed E-state index contributed by atoms with van der Waals surface area (Å²) in [6, 6.07) is 5.69. The normalized spacial score (nSPS) is 15.2. The van der Waals surface area contributed by atoms with Gasteiger partial charge in [0.2, 0.25) is 6.41 Å². The first kappa shape index (κ1) is 14.4. The SMILES string of the molecule is COc1cccc2[nH]c(C)c(C(=O)N3CCN(C=O)CC3)c12. The number of ether oxygens (including phenoxy) is 1. The maximum Gasteiger partial charge on any atom is 0.256 e. The summed E-state index contributed by atoms with van der Waals surface area (Å²) in [6.45, 7) is 4.16. The molecular formula is C16H19N3O3. The molecule has 1 N–H and O–H groups in total. The lowest BCUT2D eigenvalue weighted by Crippen LogP contribution is -2.48. The van der Waals surface area contributed by atoms with E-state index >= 15 is 0 Å². The number of piperazine rings is 1. The number of amides is 2. The second-order valence-electron chi connectivity index (χ2n) is 5.44. The third-order valence-corrected chi connectivity index (χ3v) is 4.16. The van der Waals surface area contributed by atoms with E-state index in [0.29, 0.717) is 37.5 Å². The summed E-state index contributed by atoms with van der Waals surface area (Å²) in [5.41, 5.74) is 2.39. The van der Waals surface area contributed by atoms with Crippen LogP contribution in [0, 0.1) is 6.92 Å². The molecule has 2 heterocycles. The molecule has 0 atom stereocenters. The number of aryl methyl sites for hydroxylation is 1. The van der Waals surface area contributed by atoms with Gasteiger partial charge in [-0.05, 0) is 19.1 Å². The van der Waals surface area contributed by atoms with E-state index in [9.17, 15) is 9.59 Å². The first-order chi connectivity index (χ1) is 10.7. The van der Waals surface area contributed by atoms with Crippen molar-refractivity contribution in [1.29, 1.82) is 0 Å². The number of carbonyl (C=O) groups is 2. The lowest BCUT2D eigenvalue weighted by atomic mass is 10.1. The highest BCUT2D eigenvalue weighted by Gasteiger charge is 2.26. The summed E-state index contributed by atoms with van der Waals surface area (Å²) < 4.78 is 5.41. The van der Waals surface area contributed by atoms with Gasteiger partial charge in [-0.1, -0.05) is 6.07 Å². The average molecular weight is 301 g/mol. The zero-order valence-electron chi connectivity index (χ0n) is 12.8. The van der Waals surface area contributed by atoms with Crippen molar-refractivity contribution in [3.8, 4) is 5.75 Å². The Morgan fingerprint density at radius 3 is 2.64 bits per heavy atom. The van der Waals surface area contributed by atoms with Gasteiger partial charge in [0.15, 0.2) is 0 Å². The molecule has 1 fully saturated rings. The van der Waals surface area contributed by atoms with E-state index in [1.807, 2.05) is 25.1 Å². The molecule has 1 aliphatic heterocycles. The minimum Gasteiger partial charge on any atom is -0.496 e. The molecule has 6 nitrogen and oxygen atoms in total. The number of carbonyl (C=O) groups excluding carboxylic acids is 2. The predicted octanol–water partition coefficient (Wildman–Crippen LogP) is 1.40. The van der Waals surface area contributed by atoms with Crippen LogP contribution in [0.25, 0.3) is 10.9 Å². The second-order valence-corrected chi connectivity index (χ2v) is 5.44. The molecule has 0 saturated carbocycles. The molecule has 1 aromatic heterocycles. The molecule has 0 aliphatic carbocycles. The number of aromatic amines is 1. The van der Waals surface area contributed by atoms with E-state index in [4.69, 9.17) is 4.74 Å². The molecule has 3 rings (SSSR count). The van der Waals surface area contributed by atoms with Gasteiger partial charge in [-0.15, -0.1) is 0 Å². The Morgan fingerprint density at radius 1 is 1.27 bits per heavy atom. The highest BCUT2D eigenvalue weighted by molar-refractivity contribution is 6.10. The van der Waals surface area contributed by atoms with Crippen LogP contribution in [0.2, 0.25) is 0 Å². The summed E-state index contributed by atoms with van der Waals surface area (Å²) in [5.74, 6) is 0.676. The van der Waals surface area contributed by atoms with Crippen LogP contribution < -0.4 is 4.74 Å². The van der Waals surface area contributed by atoms with Crippen molar-refractivity contribution in [2.24, 2.45) is 0 Å². The van der Waals surface area contributed by atoms with Crippen LogP contribution in [0.15, 0.2) is 18.2 Å². The van der Waals surface area contributed by atoms with Gasteiger partial charge >= 0.3 is 0 Å². The number of methoxy groups -OCH3 is 1. The van der Waals surface area contributed by atoms with Gasteiger partial charge < -0.3 is 19.5 Å². The molecule has 2 aromatic rings. The minimum atomic E-state index is -0.0150. The standard InChI is InChI=1S/C16H19N3O3/c1-11-14(15-12(17-11)4-3-5-13(15)22-2)16(21)19-8-6-18(10-20)7-9-19/h3-5,10,17H,6-9H2,1-2H3. The van der Waals surface area contributed by atoms with E-state index in [1.165, 1.54) is 0 Å². The fourth-order valence-electron chi connectivity index (χ4n) is 2.97. The van der Waals surface area contributed by atoms with Gasteiger partial charge in [0.05, 0.1) is 23.6 Å². The highest BCUT2D eigenvalue weighted by Crippen LogP contribution is 2.31. The van der Waals surface area contributed by atoms with E-state index in [1.54, 1.807) is 16.9 Å². The molecule has 1 saturated heterocycles. The zero-order valence-corrected chi connectivity index (χ0v) is 12.8. The number of benzene rings is 1. The summed E-state index contributed by atoms with van der Waals surface area (Å²) in [4.78, 5) is 30.4. The number of nitrogens with zero attached hydrogens (tertiary/aromatic N) is 2. The Morgan fingerprint density at radius 2 is 2.00 bits per heavy atom. The third-order valence-electron chi connectivity index (χ3n) is 4.16. The molecule has 22 heavy (non-hydrogen) atoms. The Hall–Kier alpha value is -2.50. The lowest BCUT2D eigenvalue weighted by Gasteiger charge is -2.32. The molecule has 0 radical (unpaired) electrons. The van der Waals surface area contributed by atoms with Gasteiger partial charge in [-0.2, -0.15) is 0 Å². The fraction of sp³-hybridized carbons (Fsp3) is 0.375. The Labute approximate surface area is 128 Å². The molecule has 2 amide bonds. The van der Waals surface area contributed by atoms with Crippen molar-refractivity contribution in [2.45, 2.75) is 6.92 Å². The van der Waals surface area contributed by atoms with Crippen molar-refractivity contribution in [3.63, 3.8) is 0 Å². The van der Waals surface area contributed by atoms with E-state index in [2.05, 4.69) is 4.98 Å². The third kappa shape index (κ3) is 2.30. The molecule has 0 unspecified atom stereocenters. The Bertz CT molecular complexity index is 715. The van der Waals surface area contributed by atoms with Gasteiger partial charge in [0.25, 0.3) is 5.91 Å². The van der Waals surface area contributed by atoms with Crippen LogP contribution in [-0.2, 0) is 4.79 Å². The Balaban J connectivity index is 1.97. The van der Waals surface area contributed by atoms with Gasteiger partial charge in [0, 0.05) is 31.9 Å². The summed E-state index contributed by atoms with van der Waals surface area (Å²) in [5, 5.41) is 0.824. The quantitative estimate of drug-likeness (QED) is 0.872. The molecule has 6 heteroatoms. The molecule has 1 aromatic carbocycles. The average Bonchev–Trinajstić information content (AvgIpc) is 2.90. The van der Waals surface area contributed by atoms with Crippen LogP contribution in [0.5, 0.6) is 5.75 Å². The van der Waals surface area contributed by atoms with Gasteiger partial charge in [-0.3, -0.25) is 9.59 Å². The number of nitrogens with one attached hydrogen (secondary N) is 1. The van der Waals surface area contributed by atoms with Crippen molar-refractivity contribution in [3.05, 3.63) is 29.5 Å². The Kier molecular flexibility index (Phi) is 3.75. The molecule has 1 aliphatic rings. The first-order valence-corrected chi connectivity index (χ1v) is 7.29. The van der Waals surface area contributed by atoms with Crippen LogP contribution in [0.1, 0.15) is 16.1 Å². The number of rotatable bonds is 3. The van der Waals surface area contributed by atoms with Crippen molar-refractivity contribution in [2.75, 3.05) is 33.3 Å². The van der Waals surface area contributed by atoms with Crippen LogP contribution in [0.4, 0.5) is 0 Å². The topological polar surface area (TPSA) is 65.6 Å². The molecule has 116 valence electrons. The first-order valence-electron chi connectivity index (χ1n) is 7.29. The monoisotopic (exact) mass is 301 g/mol. The maximum absolute atomic E-state index is 12.9. The van der Waals surface area contributed by atoms with Crippen LogP contribution in [0.3, 0.4) is 0 Å². The number of H-pyrrole nitrogens is 1. The summed E-state index contributed by atoms with van der Waals surface area (Å²) in [6.07, 6.45) is 0.835. The zero-order chi connectivity index (χ0) is 15.7. The number of aromatic nitrogens is 1. The smallest absolute Gasteiger partial charge is 0.256 e. The van der Waals surface area contributed by atoms with Crippen molar-refractivity contribution < 1.29 is 14.3 Å². The van der Waals surface area contributed by atoms with Crippen LogP contribution >= 0.6 is 0 Å². The molecule has 0 bridgehead atoms. The van der Waals surface area contributed by atoms with E-state index in [0.717, 1.165) is 23.0 Å².